The fourth-order valence-electron chi connectivity index (χ4n) is 3.41. The zero-order chi connectivity index (χ0) is 20.4. The lowest BCUT2D eigenvalue weighted by molar-refractivity contribution is -0.787. The molecule has 7 nitrogen and oxygen atoms in total. The molecule has 1 aliphatic carbocycles. The molecule has 150 valence electrons. The van der Waals surface area contributed by atoms with Gasteiger partial charge in [0.1, 0.15) is 0 Å². The zero-order valence-electron chi connectivity index (χ0n) is 16.6. The van der Waals surface area contributed by atoms with Crippen molar-refractivity contribution >= 4 is 35.0 Å². The number of hydrogen-bond donors (Lipinski definition) is 2. The fraction of sp³-hybridized carbons (Fsp3) is 0.333. The van der Waals surface area contributed by atoms with E-state index in [2.05, 4.69) is 45.3 Å². The van der Waals surface area contributed by atoms with Gasteiger partial charge in [-0.15, -0.1) is 0 Å². The van der Waals surface area contributed by atoms with Crippen LogP contribution in [0.1, 0.15) is 29.7 Å². The predicted octanol–water partition coefficient (Wildman–Crippen LogP) is 3.38. The molecule has 2 aliphatic rings. The lowest BCUT2D eigenvalue weighted by Gasteiger charge is -2.11. The summed E-state index contributed by atoms with van der Waals surface area (Å²) in [4.78, 5) is 15.6. The van der Waals surface area contributed by atoms with Crippen LogP contribution in [0.2, 0.25) is 0 Å². The van der Waals surface area contributed by atoms with Crippen molar-refractivity contribution in [1.29, 1.82) is 0 Å². The maximum atomic E-state index is 10.4. The van der Waals surface area contributed by atoms with Crippen LogP contribution in [0, 0.1) is 0 Å². The maximum Gasteiger partial charge on any atom is 0.235 e. The van der Waals surface area contributed by atoms with Crippen molar-refractivity contribution in [2.75, 3.05) is 26.0 Å². The van der Waals surface area contributed by atoms with Gasteiger partial charge in [-0.25, -0.2) is 9.97 Å². The highest BCUT2D eigenvalue weighted by Gasteiger charge is 2.28. The molecule has 0 unspecified atom stereocenters. The molecule has 0 fully saturated rings. The number of nitrogens with one attached hydrogen (secondary N) is 1. The van der Waals surface area contributed by atoms with Crippen molar-refractivity contribution in [2.24, 2.45) is 0 Å². The van der Waals surface area contributed by atoms with Crippen molar-refractivity contribution < 1.29 is 9.95 Å². The summed E-state index contributed by atoms with van der Waals surface area (Å²) in [5.41, 5.74) is 5.37. The summed E-state index contributed by atoms with van der Waals surface area (Å²) in [6.07, 6.45) is 11.6. The second-order valence-electron chi connectivity index (χ2n) is 7.56. The molecule has 1 aliphatic heterocycles. The number of fused-ring (bicyclic) bond motifs is 2. The van der Waals surface area contributed by atoms with E-state index in [9.17, 15) is 5.21 Å². The standard InChI is InChI=1S/C21H24ClN6O/c1-27(2)6-5-14-7-18(12-23-10-14)25-21-24-11-16-13-28(29)20-4-3-17(22)8-15(20)9-19(16)26-21/h7-12,29H,3-6,13H2,1-2H3,(H,24,25,26)/q+1. The highest BCUT2D eigenvalue weighted by molar-refractivity contribution is 6.31. The van der Waals surface area contributed by atoms with Crippen molar-refractivity contribution in [3.8, 4) is 0 Å². The molecule has 2 aromatic rings. The number of allylic oxidation sites excluding steroid dienone is 3. The van der Waals surface area contributed by atoms with Crippen LogP contribution in [0.25, 0.3) is 6.08 Å². The Balaban J connectivity index is 1.59. The Labute approximate surface area is 175 Å². The van der Waals surface area contributed by atoms with Gasteiger partial charge in [0.15, 0.2) is 0 Å². The summed E-state index contributed by atoms with van der Waals surface area (Å²) in [5, 5.41) is 14.5. The average Bonchev–Trinajstić information content (AvgIpc) is 2.81. The summed E-state index contributed by atoms with van der Waals surface area (Å²) in [6.45, 7) is 1.30. The van der Waals surface area contributed by atoms with Gasteiger partial charge in [-0.05, 0) is 55.5 Å². The SMILES string of the molecule is CN(C)CCc1cncc(Nc2ncc3c(n2)C=C2C=C(Cl)CCC2=[N+](O)C3)c1. The second-order valence-corrected chi connectivity index (χ2v) is 8.04. The van der Waals surface area contributed by atoms with E-state index in [4.69, 9.17) is 11.6 Å². The molecule has 0 aromatic carbocycles. The van der Waals surface area contributed by atoms with Gasteiger partial charge in [0.25, 0.3) is 0 Å². The third kappa shape index (κ3) is 4.63. The Hall–Kier alpha value is -2.77. The molecule has 4 rings (SSSR count). The van der Waals surface area contributed by atoms with Gasteiger partial charge in [-0.3, -0.25) is 10.2 Å². The van der Waals surface area contributed by atoms with Gasteiger partial charge in [0.2, 0.25) is 18.2 Å². The van der Waals surface area contributed by atoms with Gasteiger partial charge in [-0.1, -0.05) is 11.6 Å². The smallest absolute Gasteiger partial charge is 0.235 e. The second kappa shape index (κ2) is 8.31. The summed E-state index contributed by atoms with van der Waals surface area (Å²) in [7, 11) is 4.11. The number of aromatic nitrogens is 3. The number of halogens is 1. The van der Waals surface area contributed by atoms with E-state index in [-0.39, 0.29) is 0 Å². The van der Waals surface area contributed by atoms with E-state index < -0.39 is 0 Å². The molecule has 0 radical (unpaired) electrons. The Bertz CT molecular complexity index is 1030. The van der Waals surface area contributed by atoms with Crippen molar-refractivity contribution in [3.63, 3.8) is 0 Å². The van der Waals surface area contributed by atoms with Gasteiger partial charge in [0, 0.05) is 36.0 Å². The highest BCUT2D eigenvalue weighted by Crippen LogP contribution is 2.28. The van der Waals surface area contributed by atoms with E-state index in [0.29, 0.717) is 18.9 Å². The van der Waals surface area contributed by atoms with Gasteiger partial charge in [-0.2, -0.15) is 0 Å². The first-order chi connectivity index (χ1) is 14.0. The minimum Gasteiger partial charge on any atom is -0.323 e. The Morgan fingerprint density at radius 2 is 2.07 bits per heavy atom. The zero-order valence-corrected chi connectivity index (χ0v) is 17.3. The fourth-order valence-corrected chi connectivity index (χ4v) is 3.63. The molecule has 3 heterocycles. The number of hydroxylamine groups is 1. The third-order valence-electron chi connectivity index (χ3n) is 4.97. The minimum atomic E-state index is 0.345. The predicted molar refractivity (Wildman–Crippen MR) is 114 cm³/mol. The first-order valence-electron chi connectivity index (χ1n) is 9.60. The van der Waals surface area contributed by atoms with Crippen LogP contribution < -0.4 is 5.32 Å². The maximum absolute atomic E-state index is 10.4. The monoisotopic (exact) mass is 411 g/mol. The van der Waals surface area contributed by atoms with Crippen LogP contribution >= 0.6 is 11.6 Å². The van der Waals surface area contributed by atoms with Gasteiger partial charge in [0.05, 0.1) is 23.1 Å². The van der Waals surface area contributed by atoms with Crippen LogP contribution in [0.4, 0.5) is 11.6 Å². The number of nitrogens with zero attached hydrogens (tertiary/aromatic N) is 5. The Morgan fingerprint density at radius 1 is 1.21 bits per heavy atom. The average molecular weight is 412 g/mol. The van der Waals surface area contributed by atoms with Crippen molar-refractivity contribution in [2.45, 2.75) is 25.8 Å². The van der Waals surface area contributed by atoms with Gasteiger partial charge < -0.3 is 10.2 Å². The van der Waals surface area contributed by atoms with Crippen molar-refractivity contribution in [3.05, 3.63) is 58.2 Å². The number of anilines is 2. The van der Waals surface area contributed by atoms with E-state index >= 15 is 0 Å². The van der Waals surface area contributed by atoms with Gasteiger partial charge >= 0.3 is 0 Å². The summed E-state index contributed by atoms with van der Waals surface area (Å²) >= 11 is 6.21. The first-order valence-corrected chi connectivity index (χ1v) is 9.98. The number of likely N-dealkylation sites (N-methyl/N-ethyl adjacent to an activating group) is 1. The third-order valence-corrected chi connectivity index (χ3v) is 5.26. The Kier molecular flexibility index (Phi) is 5.60. The number of pyridine rings is 1. The molecule has 0 atom stereocenters. The molecule has 0 saturated carbocycles. The molecule has 2 N–H and O–H groups in total. The topological polar surface area (TPSA) is 77.2 Å². The number of hydrogen-bond acceptors (Lipinski definition) is 6. The Morgan fingerprint density at radius 3 is 2.90 bits per heavy atom. The molecular formula is C21H24ClN6O+. The van der Waals surface area contributed by atoms with Crippen LogP contribution in [-0.2, 0) is 13.0 Å². The van der Waals surface area contributed by atoms with E-state index in [1.165, 1.54) is 4.74 Å². The molecule has 0 spiro atoms. The van der Waals surface area contributed by atoms with E-state index in [0.717, 1.165) is 58.2 Å². The number of rotatable bonds is 5. The van der Waals surface area contributed by atoms with E-state index in [1.807, 2.05) is 18.3 Å². The molecule has 0 amide bonds. The lowest BCUT2D eigenvalue weighted by atomic mass is 9.98. The largest absolute Gasteiger partial charge is 0.323 e. The quantitative estimate of drug-likeness (QED) is 0.580. The first kappa shape index (κ1) is 19.5. The van der Waals surface area contributed by atoms with Crippen LogP contribution in [0.3, 0.4) is 0 Å². The molecule has 2 aromatic heterocycles. The molecule has 0 bridgehead atoms. The van der Waals surface area contributed by atoms with Crippen LogP contribution in [0.15, 0.2) is 41.3 Å². The molecular weight excluding hydrogens is 388 g/mol. The van der Waals surface area contributed by atoms with Crippen LogP contribution in [0.5, 0.6) is 0 Å². The van der Waals surface area contributed by atoms with E-state index in [1.54, 1.807) is 12.4 Å². The molecule has 8 heteroatoms. The molecule has 29 heavy (non-hydrogen) atoms. The minimum absolute atomic E-state index is 0.345. The molecule has 0 saturated heterocycles. The summed E-state index contributed by atoms with van der Waals surface area (Å²) in [5.74, 6) is 0.492. The summed E-state index contributed by atoms with van der Waals surface area (Å²) < 4.78 is 1.27. The van der Waals surface area contributed by atoms with Crippen molar-refractivity contribution in [1.82, 2.24) is 19.9 Å². The summed E-state index contributed by atoms with van der Waals surface area (Å²) in [6, 6.07) is 2.06. The highest BCUT2D eigenvalue weighted by atomic mass is 35.5. The lowest BCUT2D eigenvalue weighted by Crippen LogP contribution is -2.20. The van der Waals surface area contributed by atoms with Crippen LogP contribution in [-0.4, -0.2) is 56.1 Å². The normalized spacial score (nSPS) is 16.0.